The number of hydrogen-bond acceptors (Lipinski definition) is 1. The molecule has 0 rings (SSSR count). The summed E-state index contributed by atoms with van der Waals surface area (Å²) in [5, 5.41) is 0. The predicted octanol–water partition coefficient (Wildman–Crippen LogP) is 2.18. The van der Waals surface area contributed by atoms with Crippen molar-refractivity contribution in [2.24, 2.45) is 17.1 Å². The van der Waals surface area contributed by atoms with E-state index in [4.69, 9.17) is 5.73 Å². The highest BCUT2D eigenvalue weighted by atomic mass is 14.6. The van der Waals surface area contributed by atoms with E-state index in [1.54, 1.807) is 0 Å². The predicted molar refractivity (Wildman–Crippen MR) is 46.8 cm³/mol. The molecule has 0 aromatic rings. The van der Waals surface area contributed by atoms with Gasteiger partial charge in [-0.05, 0) is 11.3 Å². The van der Waals surface area contributed by atoms with Gasteiger partial charge in [-0.15, -0.1) is 6.58 Å². The van der Waals surface area contributed by atoms with E-state index in [-0.39, 0.29) is 11.5 Å². The van der Waals surface area contributed by atoms with Gasteiger partial charge in [0.25, 0.3) is 0 Å². The summed E-state index contributed by atoms with van der Waals surface area (Å²) in [5.41, 5.74) is 6.07. The van der Waals surface area contributed by atoms with Crippen LogP contribution in [0.2, 0.25) is 0 Å². The first-order valence-electron chi connectivity index (χ1n) is 3.77. The van der Waals surface area contributed by atoms with Crippen molar-refractivity contribution in [1.82, 2.24) is 0 Å². The van der Waals surface area contributed by atoms with Crippen molar-refractivity contribution in [3.63, 3.8) is 0 Å². The van der Waals surface area contributed by atoms with Gasteiger partial charge in [0.2, 0.25) is 0 Å². The van der Waals surface area contributed by atoms with Crippen LogP contribution in [0.1, 0.15) is 27.7 Å². The summed E-state index contributed by atoms with van der Waals surface area (Å²) in [7, 11) is 0. The molecule has 0 aliphatic carbocycles. The SMILES string of the molecule is C=CC(N)C(C)C(C)(C)C. The average molecular weight is 141 g/mol. The molecular formula is C9H19N. The molecule has 0 radical (unpaired) electrons. The van der Waals surface area contributed by atoms with Crippen LogP contribution in [0.5, 0.6) is 0 Å². The maximum absolute atomic E-state index is 5.78. The molecule has 0 saturated carbocycles. The summed E-state index contributed by atoms with van der Waals surface area (Å²) in [6.07, 6.45) is 1.82. The number of nitrogens with two attached hydrogens (primary N) is 1. The Morgan fingerprint density at radius 2 is 1.80 bits per heavy atom. The minimum Gasteiger partial charge on any atom is -0.324 e. The molecule has 2 atom stereocenters. The van der Waals surface area contributed by atoms with Gasteiger partial charge in [-0.2, -0.15) is 0 Å². The van der Waals surface area contributed by atoms with Gasteiger partial charge in [0.1, 0.15) is 0 Å². The molecule has 2 unspecified atom stereocenters. The van der Waals surface area contributed by atoms with Crippen LogP contribution in [-0.4, -0.2) is 6.04 Å². The Bertz CT molecular complexity index is 110. The summed E-state index contributed by atoms with van der Waals surface area (Å²) in [4.78, 5) is 0. The molecule has 0 heterocycles. The van der Waals surface area contributed by atoms with Gasteiger partial charge in [0.15, 0.2) is 0 Å². The number of hydrogen-bond donors (Lipinski definition) is 1. The van der Waals surface area contributed by atoms with Gasteiger partial charge in [0.05, 0.1) is 0 Å². The maximum atomic E-state index is 5.78. The Labute approximate surface area is 64.3 Å². The molecule has 2 N–H and O–H groups in total. The molecular weight excluding hydrogens is 122 g/mol. The Kier molecular flexibility index (Phi) is 3.10. The fourth-order valence-electron chi connectivity index (χ4n) is 0.781. The van der Waals surface area contributed by atoms with E-state index >= 15 is 0 Å². The summed E-state index contributed by atoms with van der Waals surface area (Å²) >= 11 is 0. The standard InChI is InChI=1S/C9H19N/c1-6-8(10)7(2)9(3,4)5/h6-8H,1,10H2,2-5H3. The zero-order valence-electron chi connectivity index (χ0n) is 7.52. The summed E-state index contributed by atoms with van der Waals surface area (Å²) < 4.78 is 0. The Balaban J connectivity index is 4.07. The molecule has 0 fully saturated rings. The minimum atomic E-state index is 0.125. The van der Waals surface area contributed by atoms with Gasteiger partial charge in [0, 0.05) is 6.04 Å². The summed E-state index contributed by atoms with van der Waals surface area (Å²) in [5.74, 6) is 0.491. The monoisotopic (exact) mass is 141 g/mol. The van der Waals surface area contributed by atoms with Crippen LogP contribution in [0.15, 0.2) is 12.7 Å². The second kappa shape index (κ2) is 3.20. The molecule has 0 bridgehead atoms. The third kappa shape index (κ3) is 2.53. The van der Waals surface area contributed by atoms with E-state index in [0.29, 0.717) is 5.92 Å². The van der Waals surface area contributed by atoms with Crippen molar-refractivity contribution in [2.75, 3.05) is 0 Å². The van der Waals surface area contributed by atoms with E-state index in [0.717, 1.165) is 0 Å². The molecule has 1 heteroatoms. The third-order valence-electron chi connectivity index (χ3n) is 2.22. The van der Waals surface area contributed by atoms with Gasteiger partial charge in [-0.3, -0.25) is 0 Å². The summed E-state index contributed by atoms with van der Waals surface area (Å²) in [6.45, 7) is 12.4. The zero-order chi connectivity index (χ0) is 8.36. The van der Waals surface area contributed by atoms with Crippen molar-refractivity contribution < 1.29 is 0 Å². The second-order valence-electron chi connectivity index (χ2n) is 3.97. The third-order valence-corrected chi connectivity index (χ3v) is 2.22. The fraction of sp³-hybridized carbons (Fsp3) is 0.778. The van der Waals surface area contributed by atoms with Crippen molar-refractivity contribution in [1.29, 1.82) is 0 Å². The molecule has 0 aromatic heterocycles. The lowest BCUT2D eigenvalue weighted by Crippen LogP contribution is -2.34. The molecule has 0 aliphatic rings. The van der Waals surface area contributed by atoms with Gasteiger partial charge >= 0.3 is 0 Å². The van der Waals surface area contributed by atoms with E-state index < -0.39 is 0 Å². The van der Waals surface area contributed by atoms with Crippen LogP contribution in [0.3, 0.4) is 0 Å². The molecule has 10 heavy (non-hydrogen) atoms. The molecule has 60 valence electrons. The Morgan fingerprint density at radius 1 is 1.40 bits per heavy atom. The first-order valence-corrected chi connectivity index (χ1v) is 3.77. The zero-order valence-corrected chi connectivity index (χ0v) is 7.52. The highest BCUT2D eigenvalue weighted by molar-refractivity contribution is 4.90. The molecule has 0 spiro atoms. The van der Waals surface area contributed by atoms with Crippen molar-refractivity contribution >= 4 is 0 Å². The Hall–Kier alpha value is -0.300. The lowest BCUT2D eigenvalue weighted by atomic mass is 9.78. The quantitative estimate of drug-likeness (QED) is 0.586. The van der Waals surface area contributed by atoms with Crippen molar-refractivity contribution in [3.05, 3.63) is 12.7 Å². The van der Waals surface area contributed by atoms with E-state index in [2.05, 4.69) is 34.3 Å². The topological polar surface area (TPSA) is 26.0 Å². The molecule has 1 nitrogen and oxygen atoms in total. The van der Waals surface area contributed by atoms with Gasteiger partial charge in [-0.25, -0.2) is 0 Å². The fourth-order valence-corrected chi connectivity index (χ4v) is 0.781. The van der Waals surface area contributed by atoms with Crippen LogP contribution in [0.25, 0.3) is 0 Å². The summed E-state index contributed by atoms with van der Waals surface area (Å²) in [6, 6.07) is 0.125. The second-order valence-corrected chi connectivity index (χ2v) is 3.97. The van der Waals surface area contributed by atoms with Crippen LogP contribution >= 0.6 is 0 Å². The van der Waals surface area contributed by atoms with Gasteiger partial charge in [-0.1, -0.05) is 33.8 Å². The highest BCUT2D eigenvalue weighted by Crippen LogP contribution is 2.27. The van der Waals surface area contributed by atoms with Crippen LogP contribution < -0.4 is 5.73 Å². The smallest absolute Gasteiger partial charge is 0.0252 e. The highest BCUT2D eigenvalue weighted by Gasteiger charge is 2.23. The molecule has 0 saturated heterocycles. The number of rotatable bonds is 2. The first-order chi connectivity index (χ1) is 4.39. The Morgan fingerprint density at radius 3 is 1.90 bits per heavy atom. The van der Waals surface area contributed by atoms with E-state index in [1.807, 2.05) is 6.08 Å². The molecule has 0 aliphatic heterocycles. The van der Waals surface area contributed by atoms with E-state index in [9.17, 15) is 0 Å². The molecule has 0 amide bonds. The first kappa shape index (κ1) is 9.70. The maximum Gasteiger partial charge on any atom is 0.0252 e. The lowest BCUT2D eigenvalue weighted by molar-refractivity contribution is 0.242. The van der Waals surface area contributed by atoms with Crippen LogP contribution in [0.4, 0.5) is 0 Å². The normalized spacial score (nSPS) is 18.1. The van der Waals surface area contributed by atoms with Crippen molar-refractivity contribution in [2.45, 2.75) is 33.7 Å². The minimum absolute atomic E-state index is 0.125. The van der Waals surface area contributed by atoms with E-state index in [1.165, 1.54) is 0 Å². The van der Waals surface area contributed by atoms with Crippen LogP contribution in [0, 0.1) is 11.3 Å². The lowest BCUT2D eigenvalue weighted by Gasteiger charge is -2.30. The van der Waals surface area contributed by atoms with Crippen molar-refractivity contribution in [3.8, 4) is 0 Å². The molecule has 0 aromatic carbocycles. The largest absolute Gasteiger partial charge is 0.324 e. The average Bonchev–Trinajstić information content (AvgIpc) is 1.83. The van der Waals surface area contributed by atoms with Gasteiger partial charge < -0.3 is 5.73 Å². The van der Waals surface area contributed by atoms with Crippen LogP contribution in [-0.2, 0) is 0 Å².